The summed E-state index contributed by atoms with van der Waals surface area (Å²) in [4.78, 5) is 11.9. The zero-order chi connectivity index (χ0) is 12.4. The summed E-state index contributed by atoms with van der Waals surface area (Å²) in [5.74, 6) is -0.125. The molecule has 0 unspecified atom stereocenters. The minimum atomic E-state index is -0.171. The lowest BCUT2D eigenvalue weighted by molar-refractivity contribution is -0.112. The molecule has 5 heteroatoms. The third kappa shape index (κ3) is 2.50. The van der Waals surface area contributed by atoms with Gasteiger partial charge in [0.15, 0.2) is 5.75 Å². The van der Waals surface area contributed by atoms with Gasteiger partial charge >= 0.3 is 0 Å². The van der Waals surface area contributed by atoms with Gasteiger partial charge in [-0.15, -0.1) is 0 Å². The molecule has 1 aliphatic rings. The van der Waals surface area contributed by atoms with E-state index in [0.717, 1.165) is 18.7 Å². The third-order valence-corrected chi connectivity index (χ3v) is 3.42. The SMILES string of the molecule is CC(C(=O)Nc1cccc(Br)c1O)=C1CNC1. The van der Waals surface area contributed by atoms with Crippen LogP contribution in [0.4, 0.5) is 5.69 Å². The fourth-order valence-electron chi connectivity index (χ4n) is 1.51. The topological polar surface area (TPSA) is 61.4 Å². The predicted octanol–water partition coefficient (Wildman–Crippen LogP) is 2.01. The molecule has 0 radical (unpaired) electrons. The van der Waals surface area contributed by atoms with E-state index in [1.54, 1.807) is 25.1 Å². The summed E-state index contributed by atoms with van der Waals surface area (Å²) in [5, 5.41) is 15.5. The standard InChI is InChI=1S/C12H13BrN2O2/c1-7(8-5-14-6-8)12(17)15-10-4-2-3-9(13)11(10)16/h2-4,14,16H,5-6H2,1H3,(H,15,17). The van der Waals surface area contributed by atoms with Crippen LogP contribution < -0.4 is 10.6 Å². The molecule has 0 aliphatic carbocycles. The van der Waals surface area contributed by atoms with Gasteiger partial charge in [0, 0.05) is 18.7 Å². The zero-order valence-corrected chi connectivity index (χ0v) is 11.0. The highest BCUT2D eigenvalue weighted by Gasteiger charge is 2.17. The summed E-state index contributed by atoms with van der Waals surface area (Å²) in [6.07, 6.45) is 0. The monoisotopic (exact) mass is 296 g/mol. The van der Waals surface area contributed by atoms with Crippen LogP contribution >= 0.6 is 15.9 Å². The number of anilines is 1. The molecule has 0 atom stereocenters. The molecule has 0 bridgehead atoms. The first-order valence-corrected chi connectivity index (χ1v) is 6.07. The van der Waals surface area contributed by atoms with Crippen LogP contribution in [0.1, 0.15) is 6.92 Å². The molecule has 0 spiro atoms. The number of rotatable bonds is 2. The highest BCUT2D eigenvalue weighted by atomic mass is 79.9. The minimum absolute atomic E-state index is 0.0467. The highest BCUT2D eigenvalue weighted by molar-refractivity contribution is 9.10. The van der Waals surface area contributed by atoms with E-state index in [1.165, 1.54) is 0 Å². The lowest BCUT2D eigenvalue weighted by atomic mass is 10.0. The lowest BCUT2D eigenvalue weighted by Gasteiger charge is -2.21. The van der Waals surface area contributed by atoms with Gasteiger partial charge in [0.05, 0.1) is 10.2 Å². The van der Waals surface area contributed by atoms with Crippen LogP contribution in [0.3, 0.4) is 0 Å². The van der Waals surface area contributed by atoms with Crippen LogP contribution in [0, 0.1) is 0 Å². The van der Waals surface area contributed by atoms with Gasteiger partial charge in [0.25, 0.3) is 5.91 Å². The second-order valence-electron chi connectivity index (χ2n) is 3.92. The van der Waals surface area contributed by atoms with Crippen LogP contribution in [0.2, 0.25) is 0 Å². The molecular weight excluding hydrogens is 284 g/mol. The Bertz CT molecular complexity index is 491. The number of phenolic OH excluding ortho intramolecular Hbond substituents is 1. The average molecular weight is 297 g/mol. The van der Waals surface area contributed by atoms with Crippen LogP contribution in [0.5, 0.6) is 5.75 Å². The first kappa shape index (κ1) is 12.1. The Morgan fingerprint density at radius 1 is 1.47 bits per heavy atom. The highest BCUT2D eigenvalue weighted by Crippen LogP contribution is 2.31. The van der Waals surface area contributed by atoms with Crippen LogP contribution in [-0.4, -0.2) is 24.1 Å². The molecule has 1 saturated heterocycles. The molecule has 1 amide bonds. The van der Waals surface area contributed by atoms with Crippen molar-refractivity contribution < 1.29 is 9.90 Å². The van der Waals surface area contributed by atoms with E-state index in [4.69, 9.17) is 0 Å². The molecule has 2 rings (SSSR count). The Balaban J connectivity index is 2.16. The number of para-hydroxylation sites is 1. The predicted molar refractivity (Wildman–Crippen MR) is 70.0 cm³/mol. The van der Waals surface area contributed by atoms with Gasteiger partial charge in [-0.1, -0.05) is 6.07 Å². The summed E-state index contributed by atoms with van der Waals surface area (Å²) >= 11 is 3.20. The summed E-state index contributed by atoms with van der Waals surface area (Å²) < 4.78 is 0.561. The van der Waals surface area contributed by atoms with Gasteiger partial charge in [-0.2, -0.15) is 0 Å². The van der Waals surface area contributed by atoms with Crippen molar-refractivity contribution in [2.45, 2.75) is 6.92 Å². The summed E-state index contributed by atoms with van der Waals surface area (Å²) in [6, 6.07) is 5.13. The van der Waals surface area contributed by atoms with Gasteiger partial charge in [0.2, 0.25) is 0 Å². The molecule has 1 aromatic rings. The molecule has 17 heavy (non-hydrogen) atoms. The van der Waals surface area contributed by atoms with E-state index in [-0.39, 0.29) is 11.7 Å². The first-order valence-electron chi connectivity index (χ1n) is 5.27. The molecule has 1 aromatic carbocycles. The van der Waals surface area contributed by atoms with Crippen molar-refractivity contribution >= 4 is 27.5 Å². The first-order chi connectivity index (χ1) is 8.09. The number of aromatic hydroxyl groups is 1. The third-order valence-electron chi connectivity index (χ3n) is 2.78. The second-order valence-corrected chi connectivity index (χ2v) is 4.78. The Morgan fingerprint density at radius 2 is 2.18 bits per heavy atom. The molecule has 3 N–H and O–H groups in total. The van der Waals surface area contributed by atoms with E-state index in [2.05, 4.69) is 26.6 Å². The number of phenols is 1. The Hall–Kier alpha value is -1.33. The van der Waals surface area contributed by atoms with E-state index in [1.807, 2.05) is 0 Å². The Kier molecular flexibility index (Phi) is 3.49. The molecule has 90 valence electrons. The van der Waals surface area contributed by atoms with Crippen molar-refractivity contribution in [1.29, 1.82) is 0 Å². The summed E-state index contributed by atoms with van der Waals surface area (Å²) in [7, 11) is 0. The normalized spacial score (nSPS) is 14.1. The van der Waals surface area contributed by atoms with E-state index in [0.29, 0.717) is 15.7 Å². The lowest BCUT2D eigenvalue weighted by Crippen LogP contribution is -2.36. The molecule has 4 nitrogen and oxygen atoms in total. The number of carbonyl (C=O) groups is 1. The number of benzene rings is 1. The van der Waals surface area contributed by atoms with Crippen molar-refractivity contribution in [3.63, 3.8) is 0 Å². The largest absolute Gasteiger partial charge is 0.505 e. The maximum Gasteiger partial charge on any atom is 0.251 e. The number of hydrogen-bond acceptors (Lipinski definition) is 3. The second kappa shape index (κ2) is 4.89. The van der Waals surface area contributed by atoms with Crippen molar-refractivity contribution in [2.75, 3.05) is 18.4 Å². The number of nitrogens with one attached hydrogen (secondary N) is 2. The van der Waals surface area contributed by atoms with Crippen molar-refractivity contribution in [3.8, 4) is 5.75 Å². The number of hydrogen-bond donors (Lipinski definition) is 3. The van der Waals surface area contributed by atoms with Gasteiger partial charge < -0.3 is 15.7 Å². The average Bonchev–Trinajstić information content (AvgIpc) is 2.22. The minimum Gasteiger partial charge on any atom is -0.505 e. The molecule has 0 aromatic heterocycles. The van der Waals surface area contributed by atoms with Crippen molar-refractivity contribution in [3.05, 3.63) is 33.8 Å². The fourth-order valence-corrected chi connectivity index (χ4v) is 1.87. The Labute approximate surface area is 108 Å². The van der Waals surface area contributed by atoms with E-state index >= 15 is 0 Å². The van der Waals surface area contributed by atoms with Gasteiger partial charge in [-0.25, -0.2) is 0 Å². The van der Waals surface area contributed by atoms with Gasteiger partial charge in [-0.05, 0) is 40.6 Å². The smallest absolute Gasteiger partial charge is 0.251 e. The number of amides is 1. The maximum absolute atomic E-state index is 11.9. The Morgan fingerprint density at radius 3 is 2.76 bits per heavy atom. The number of carbonyl (C=O) groups excluding carboxylic acids is 1. The van der Waals surface area contributed by atoms with Crippen LogP contribution in [0.15, 0.2) is 33.8 Å². The van der Waals surface area contributed by atoms with Crippen molar-refractivity contribution in [2.24, 2.45) is 0 Å². The van der Waals surface area contributed by atoms with Gasteiger partial charge in [-0.3, -0.25) is 4.79 Å². The van der Waals surface area contributed by atoms with E-state index < -0.39 is 0 Å². The molecule has 0 saturated carbocycles. The molecular formula is C12H13BrN2O2. The zero-order valence-electron chi connectivity index (χ0n) is 9.38. The maximum atomic E-state index is 11.9. The van der Waals surface area contributed by atoms with E-state index in [9.17, 15) is 9.90 Å². The van der Waals surface area contributed by atoms with Crippen molar-refractivity contribution in [1.82, 2.24) is 5.32 Å². The van der Waals surface area contributed by atoms with Gasteiger partial charge in [0.1, 0.15) is 0 Å². The molecule has 1 heterocycles. The number of halogens is 1. The molecule has 1 fully saturated rings. The molecule has 1 aliphatic heterocycles. The summed E-state index contributed by atoms with van der Waals surface area (Å²) in [5.41, 5.74) is 2.23. The van der Waals surface area contributed by atoms with Crippen LogP contribution in [0.25, 0.3) is 0 Å². The fraction of sp³-hybridized carbons (Fsp3) is 0.250. The quantitative estimate of drug-likeness (QED) is 0.578. The van der Waals surface area contributed by atoms with Crippen LogP contribution in [-0.2, 0) is 4.79 Å². The summed E-state index contributed by atoms with van der Waals surface area (Å²) in [6.45, 7) is 3.33.